The van der Waals surface area contributed by atoms with E-state index in [4.69, 9.17) is 14.7 Å². The summed E-state index contributed by atoms with van der Waals surface area (Å²) in [5.74, 6) is 0. The highest BCUT2D eigenvalue weighted by Gasteiger charge is 2.76. The summed E-state index contributed by atoms with van der Waals surface area (Å²) >= 11 is 0. The second kappa shape index (κ2) is 1.65. The Morgan fingerprint density at radius 1 is 1.56 bits per heavy atom. The van der Waals surface area contributed by atoms with Crippen molar-refractivity contribution in [2.45, 2.75) is 0 Å². The normalized spacial score (nSPS) is 36.8. The van der Waals surface area contributed by atoms with Gasteiger partial charge in [0.2, 0.25) is 0 Å². The van der Waals surface area contributed by atoms with Crippen molar-refractivity contribution in [2.75, 3.05) is 0 Å². The van der Waals surface area contributed by atoms with Crippen LogP contribution in [0, 0.1) is 0 Å². The summed E-state index contributed by atoms with van der Waals surface area (Å²) in [4.78, 5) is 24.2. The summed E-state index contributed by atoms with van der Waals surface area (Å²) in [6.45, 7) is 0. The molecule has 9 heteroatoms. The second-order valence-electron chi connectivity index (χ2n) is 1.26. The van der Waals surface area contributed by atoms with Crippen LogP contribution in [0.5, 0.6) is 0 Å². The van der Waals surface area contributed by atoms with Crippen LogP contribution in [0.15, 0.2) is 0 Å². The molecule has 0 spiro atoms. The SMILES string of the molecule is O=P(O)(O)[O+]1OP1(=O)O. The highest BCUT2D eigenvalue weighted by atomic mass is 31.3. The van der Waals surface area contributed by atoms with Gasteiger partial charge >= 0.3 is 15.6 Å². The fourth-order valence-electron chi connectivity index (χ4n) is 0.248. The largest absolute Gasteiger partial charge is 0.745 e. The molecule has 3 N–H and O–H groups in total. The Hall–Kier alpha value is 0.260. The first kappa shape index (κ1) is 7.37. The fraction of sp³-hybridized carbons (Fsp3) is 0. The van der Waals surface area contributed by atoms with Crippen molar-refractivity contribution in [3.8, 4) is 0 Å². The molecule has 1 heterocycles. The number of hydrogen-bond donors (Lipinski definition) is 3. The average Bonchev–Trinajstić information content (AvgIpc) is 2.10. The van der Waals surface area contributed by atoms with E-state index in [2.05, 4.69) is 4.67 Å². The van der Waals surface area contributed by atoms with Gasteiger partial charge in [0.15, 0.2) is 0 Å². The van der Waals surface area contributed by atoms with E-state index in [1.54, 1.807) is 0 Å². The van der Waals surface area contributed by atoms with E-state index in [1.165, 1.54) is 0 Å². The van der Waals surface area contributed by atoms with Gasteiger partial charge in [0.05, 0.1) is 4.67 Å². The first-order chi connectivity index (χ1) is 3.84. The fourth-order valence-corrected chi connectivity index (χ4v) is 2.24. The Morgan fingerprint density at radius 3 is 1.89 bits per heavy atom. The molecule has 0 saturated carbocycles. The monoisotopic (exact) mass is 177 g/mol. The van der Waals surface area contributed by atoms with Gasteiger partial charge in [-0.25, -0.2) is 0 Å². The molecule has 0 aromatic carbocycles. The van der Waals surface area contributed by atoms with Gasteiger partial charge in [0, 0.05) is 0 Å². The van der Waals surface area contributed by atoms with Gasteiger partial charge in [0.25, 0.3) is 0 Å². The molecule has 54 valence electrons. The van der Waals surface area contributed by atoms with Crippen LogP contribution in [-0.2, 0) is 17.9 Å². The minimum atomic E-state index is -4.73. The van der Waals surface area contributed by atoms with Gasteiger partial charge < -0.3 is 0 Å². The van der Waals surface area contributed by atoms with E-state index in [1.807, 2.05) is 0 Å². The summed E-state index contributed by atoms with van der Waals surface area (Å²) in [5.41, 5.74) is 0. The Balaban J connectivity index is 2.75. The molecule has 1 aliphatic heterocycles. The quantitative estimate of drug-likeness (QED) is 0.219. The van der Waals surface area contributed by atoms with E-state index in [-0.39, 0.29) is 0 Å². The van der Waals surface area contributed by atoms with Crippen LogP contribution in [0.2, 0.25) is 0 Å². The van der Waals surface area contributed by atoms with Gasteiger partial charge in [0.1, 0.15) is 0 Å². The standard InChI is InChI=1S/H2O7P2/c1-8(2,3)7-6-9(7,4)5/h(H2-,1,2,3,4,5)/p+1. The summed E-state index contributed by atoms with van der Waals surface area (Å²) in [7, 11) is -8.87. The molecule has 0 radical (unpaired) electrons. The second-order valence-corrected chi connectivity index (χ2v) is 4.28. The van der Waals surface area contributed by atoms with E-state index in [0.29, 0.717) is 4.09 Å². The van der Waals surface area contributed by atoms with Crippen LogP contribution in [-0.4, -0.2) is 14.7 Å². The summed E-state index contributed by atoms with van der Waals surface area (Å²) in [6, 6.07) is 0. The lowest BCUT2D eigenvalue weighted by molar-refractivity contribution is -0.0491. The van der Waals surface area contributed by atoms with E-state index in [0.717, 1.165) is 0 Å². The van der Waals surface area contributed by atoms with Crippen LogP contribution >= 0.6 is 15.6 Å². The molecule has 1 unspecified atom stereocenters. The molecule has 0 aliphatic carbocycles. The molecule has 0 amide bonds. The lowest BCUT2D eigenvalue weighted by Crippen LogP contribution is -1.79. The van der Waals surface area contributed by atoms with Crippen molar-refractivity contribution in [3.63, 3.8) is 0 Å². The van der Waals surface area contributed by atoms with Gasteiger partial charge in [-0.2, -0.15) is 9.13 Å². The maximum atomic E-state index is 10.0. The molecule has 1 rings (SSSR count). The molecular weight excluding hydrogens is 174 g/mol. The van der Waals surface area contributed by atoms with Gasteiger partial charge in [-0.3, -0.25) is 14.7 Å². The molecular formula is H3O7P2+. The molecule has 1 fully saturated rings. The Bertz CT molecular complexity index is 209. The van der Waals surface area contributed by atoms with Gasteiger partial charge in [-0.1, -0.05) is 4.09 Å². The average molecular weight is 177 g/mol. The molecule has 7 nitrogen and oxygen atoms in total. The van der Waals surface area contributed by atoms with Crippen LogP contribution in [0.1, 0.15) is 0 Å². The molecule has 0 aromatic heterocycles. The number of rotatable bonds is 1. The molecule has 1 aliphatic rings. The summed E-state index contributed by atoms with van der Waals surface area (Å²) in [6.07, 6.45) is 0. The zero-order valence-electron chi connectivity index (χ0n) is 3.87. The first-order valence-corrected chi connectivity index (χ1v) is 4.71. The molecule has 0 bridgehead atoms. The van der Waals surface area contributed by atoms with E-state index in [9.17, 15) is 9.13 Å². The molecule has 1 atom stereocenters. The maximum Gasteiger partial charge on any atom is 0.745 e. The van der Waals surface area contributed by atoms with E-state index < -0.39 is 15.6 Å². The highest BCUT2D eigenvalue weighted by molar-refractivity contribution is 7.65. The van der Waals surface area contributed by atoms with Crippen molar-refractivity contribution in [1.82, 2.24) is 0 Å². The maximum absolute atomic E-state index is 10.0. The van der Waals surface area contributed by atoms with Crippen molar-refractivity contribution in [1.29, 1.82) is 0 Å². The molecule has 0 aromatic rings. The van der Waals surface area contributed by atoms with Crippen LogP contribution in [0.4, 0.5) is 0 Å². The topological polar surface area (TPSA) is 110 Å². The van der Waals surface area contributed by atoms with Gasteiger partial charge in [-0.15, -0.1) is 0 Å². The lowest BCUT2D eigenvalue weighted by Gasteiger charge is -1.84. The lowest BCUT2D eigenvalue weighted by atomic mass is 15.0. The Labute approximate surface area is 49.3 Å². The Morgan fingerprint density at radius 2 is 1.89 bits per heavy atom. The first-order valence-electron chi connectivity index (χ1n) is 1.68. The third kappa shape index (κ3) is 1.39. The minimum Gasteiger partial charge on any atom is -0.258 e. The third-order valence-corrected chi connectivity index (χ3v) is 3.08. The van der Waals surface area contributed by atoms with Crippen molar-refractivity contribution in [3.05, 3.63) is 0 Å². The Kier molecular flexibility index (Phi) is 1.35. The van der Waals surface area contributed by atoms with Gasteiger partial charge in [-0.05, 0) is 0 Å². The van der Waals surface area contributed by atoms with Crippen molar-refractivity contribution >= 4 is 15.6 Å². The highest BCUT2D eigenvalue weighted by Crippen LogP contribution is 2.81. The predicted octanol–water partition coefficient (Wildman–Crippen LogP) is -0.323. The van der Waals surface area contributed by atoms with E-state index >= 15 is 0 Å². The third-order valence-electron chi connectivity index (χ3n) is 0.542. The summed E-state index contributed by atoms with van der Waals surface area (Å²) in [5, 5.41) is 0. The van der Waals surface area contributed by atoms with Crippen LogP contribution < -0.4 is 0 Å². The predicted molar refractivity (Wildman–Crippen MR) is 24.0 cm³/mol. The smallest absolute Gasteiger partial charge is 0.258 e. The van der Waals surface area contributed by atoms with Crippen LogP contribution in [0.3, 0.4) is 0 Å². The van der Waals surface area contributed by atoms with Crippen molar-refractivity contribution in [2.24, 2.45) is 0 Å². The minimum absolute atomic E-state index is 0.546. The zero-order chi connectivity index (χ0) is 7.28. The molecule has 1 saturated heterocycles. The molecule has 9 heavy (non-hydrogen) atoms. The van der Waals surface area contributed by atoms with Crippen LogP contribution in [0.25, 0.3) is 0 Å². The summed E-state index contributed by atoms with van der Waals surface area (Å²) < 4.78 is 24.1. The van der Waals surface area contributed by atoms with Crippen molar-refractivity contribution < 1.29 is 32.6 Å². The number of hydrogen-bond acceptors (Lipinski definition) is 3. The zero-order valence-corrected chi connectivity index (χ0v) is 5.66.